The highest BCUT2D eigenvalue weighted by molar-refractivity contribution is 6.22. The number of fused-ring (bicyclic) bond motifs is 1. The topological polar surface area (TPSA) is 136 Å². The number of halogens is 1. The van der Waals surface area contributed by atoms with Gasteiger partial charge in [-0.15, -0.1) is 0 Å². The molecule has 2 aromatic carbocycles. The van der Waals surface area contributed by atoms with E-state index in [0.29, 0.717) is 0 Å². The van der Waals surface area contributed by atoms with Crippen LogP contribution in [0, 0.1) is 21.8 Å². The van der Waals surface area contributed by atoms with E-state index in [4.69, 9.17) is 4.74 Å². The van der Waals surface area contributed by atoms with Gasteiger partial charge in [-0.2, -0.15) is 4.39 Å². The Morgan fingerprint density at radius 1 is 1.12 bits per heavy atom. The molecule has 11 heteroatoms. The number of carbonyl (C=O) groups excluding carboxylic acids is 4. The first-order valence-electron chi connectivity index (χ1n) is 9.97. The zero-order chi connectivity index (χ0) is 24.3. The summed E-state index contributed by atoms with van der Waals surface area (Å²) in [5.41, 5.74) is -0.532. The Morgan fingerprint density at radius 2 is 1.73 bits per heavy atom. The van der Waals surface area contributed by atoms with Gasteiger partial charge in [0.1, 0.15) is 6.04 Å². The van der Waals surface area contributed by atoms with E-state index < -0.39 is 52.8 Å². The molecule has 3 amide bonds. The van der Waals surface area contributed by atoms with Gasteiger partial charge in [0.05, 0.1) is 16.1 Å². The highest BCUT2D eigenvalue weighted by Crippen LogP contribution is 2.27. The summed E-state index contributed by atoms with van der Waals surface area (Å²) in [6.45, 7) is 2.82. The van der Waals surface area contributed by atoms with Gasteiger partial charge in [-0.05, 0) is 36.6 Å². The summed E-state index contributed by atoms with van der Waals surface area (Å²) in [6, 6.07) is 7.71. The van der Waals surface area contributed by atoms with E-state index in [0.717, 1.165) is 23.1 Å². The molecule has 1 atom stereocenters. The lowest BCUT2D eigenvalue weighted by Gasteiger charge is -2.25. The number of ether oxygens (including phenoxy) is 1. The molecule has 1 heterocycles. The monoisotopic (exact) mass is 457 g/mol. The number of carbonyl (C=O) groups is 4. The average Bonchev–Trinajstić information content (AvgIpc) is 3.02. The molecule has 2 aromatic rings. The summed E-state index contributed by atoms with van der Waals surface area (Å²) in [4.78, 5) is 61.2. The van der Waals surface area contributed by atoms with Crippen LogP contribution in [-0.2, 0) is 14.3 Å². The molecule has 1 aliphatic rings. The fourth-order valence-electron chi connectivity index (χ4n) is 3.40. The van der Waals surface area contributed by atoms with E-state index in [1.54, 1.807) is 26.0 Å². The number of nitrogens with one attached hydrogen (secondary N) is 1. The number of hydrogen-bond donors (Lipinski definition) is 1. The third kappa shape index (κ3) is 5.03. The molecule has 0 fully saturated rings. The molecular formula is C22H20FN3O7. The molecule has 1 aliphatic heterocycles. The van der Waals surface area contributed by atoms with Crippen molar-refractivity contribution in [2.24, 2.45) is 5.92 Å². The minimum absolute atomic E-state index is 0.0665. The standard InChI is InChI=1S/C22H20FN3O7/c1-12(2)9-18(25-20(28)14-5-3-4-6-15(14)21(25)29)22(30)33-11-19(27)24-13-7-8-16(23)17(10-13)26(31)32/h3-8,10,12,18H,9,11H2,1-2H3,(H,24,27)/t18-/m1/s1. The maximum absolute atomic E-state index is 13.4. The van der Waals surface area contributed by atoms with Crippen LogP contribution in [0.1, 0.15) is 41.0 Å². The zero-order valence-electron chi connectivity index (χ0n) is 17.7. The molecule has 10 nitrogen and oxygen atoms in total. The minimum Gasteiger partial charge on any atom is -0.454 e. The number of imide groups is 1. The molecule has 172 valence electrons. The first kappa shape index (κ1) is 23.5. The molecule has 1 N–H and O–H groups in total. The van der Waals surface area contributed by atoms with Gasteiger partial charge in [0.25, 0.3) is 17.7 Å². The number of amides is 3. The van der Waals surface area contributed by atoms with E-state index in [9.17, 15) is 33.7 Å². The third-order valence-electron chi connectivity index (χ3n) is 4.88. The lowest BCUT2D eigenvalue weighted by atomic mass is 10.0. The fraction of sp³-hybridized carbons (Fsp3) is 0.273. The number of rotatable bonds is 8. The summed E-state index contributed by atoms with van der Waals surface area (Å²) >= 11 is 0. The van der Waals surface area contributed by atoms with Crippen molar-refractivity contribution in [1.82, 2.24) is 4.90 Å². The predicted molar refractivity (Wildman–Crippen MR) is 113 cm³/mol. The van der Waals surface area contributed by atoms with Crippen molar-refractivity contribution >= 4 is 35.1 Å². The Labute approximate surface area is 187 Å². The molecule has 0 spiro atoms. The maximum Gasteiger partial charge on any atom is 0.329 e. The van der Waals surface area contributed by atoms with Crippen LogP contribution >= 0.6 is 0 Å². The summed E-state index contributed by atoms with van der Waals surface area (Å²) in [5, 5.41) is 13.1. The van der Waals surface area contributed by atoms with Crippen LogP contribution in [0.2, 0.25) is 0 Å². The fourth-order valence-corrected chi connectivity index (χ4v) is 3.40. The van der Waals surface area contributed by atoms with E-state index in [2.05, 4.69) is 5.32 Å². The van der Waals surface area contributed by atoms with Gasteiger partial charge in [0, 0.05) is 11.8 Å². The largest absolute Gasteiger partial charge is 0.454 e. The zero-order valence-corrected chi connectivity index (χ0v) is 17.7. The normalized spacial score (nSPS) is 13.6. The van der Waals surface area contributed by atoms with E-state index in [1.165, 1.54) is 12.1 Å². The Bertz CT molecular complexity index is 1110. The van der Waals surface area contributed by atoms with Crippen molar-refractivity contribution in [3.63, 3.8) is 0 Å². The van der Waals surface area contributed by atoms with E-state index in [1.807, 2.05) is 0 Å². The Hall–Kier alpha value is -4.15. The second kappa shape index (κ2) is 9.55. The summed E-state index contributed by atoms with van der Waals surface area (Å²) < 4.78 is 18.5. The van der Waals surface area contributed by atoms with Gasteiger partial charge in [-0.3, -0.25) is 29.4 Å². The number of nitrogens with zero attached hydrogens (tertiary/aromatic N) is 2. The van der Waals surface area contributed by atoms with Crippen molar-refractivity contribution in [2.75, 3.05) is 11.9 Å². The highest BCUT2D eigenvalue weighted by Gasteiger charge is 2.43. The molecule has 0 saturated carbocycles. The molecule has 0 bridgehead atoms. The van der Waals surface area contributed by atoms with E-state index >= 15 is 0 Å². The van der Waals surface area contributed by atoms with Crippen LogP contribution in [0.5, 0.6) is 0 Å². The number of hydrogen-bond acceptors (Lipinski definition) is 7. The van der Waals surface area contributed by atoms with Gasteiger partial charge in [0.15, 0.2) is 6.61 Å². The molecule has 0 unspecified atom stereocenters. The van der Waals surface area contributed by atoms with Gasteiger partial charge >= 0.3 is 11.7 Å². The van der Waals surface area contributed by atoms with Crippen LogP contribution in [0.15, 0.2) is 42.5 Å². The molecule has 0 aromatic heterocycles. The maximum atomic E-state index is 13.4. The Balaban J connectivity index is 1.70. The van der Waals surface area contributed by atoms with Crippen LogP contribution < -0.4 is 5.32 Å². The number of anilines is 1. The van der Waals surface area contributed by atoms with Gasteiger partial charge in [-0.25, -0.2) is 4.79 Å². The molecular weight excluding hydrogens is 437 g/mol. The van der Waals surface area contributed by atoms with Crippen molar-refractivity contribution in [3.05, 3.63) is 69.5 Å². The molecule has 0 saturated heterocycles. The van der Waals surface area contributed by atoms with Crippen molar-refractivity contribution in [1.29, 1.82) is 0 Å². The first-order valence-corrected chi connectivity index (χ1v) is 9.97. The predicted octanol–water partition coefficient (Wildman–Crippen LogP) is 2.93. The van der Waals surface area contributed by atoms with Crippen LogP contribution in [-0.4, -0.2) is 46.2 Å². The second-order valence-electron chi connectivity index (χ2n) is 7.75. The number of nitro groups is 1. The van der Waals surface area contributed by atoms with Crippen molar-refractivity contribution < 1.29 is 33.2 Å². The number of nitro benzene ring substituents is 1. The van der Waals surface area contributed by atoms with Gasteiger partial charge < -0.3 is 10.1 Å². The lowest BCUT2D eigenvalue weighted by Crippen LogP contribution is -2.46. The SMILES string of the molecule is CC(C)C[C@H](C(=O)OCC(=O)Nc1ccc(F)c([N+](=O)[O-])c1)N1C(=O)c2ccccc2C1=O. The smallest absolute Gasteiger partial charge is 0.329 e. The molecule has 0 aliphatic carbocycles. The first-order chi connectivity index (χ1) is 15.6. The van der Waals surface area contributed by atoms with Crippen molar-refractivity contribution in [2.45, 2.75) is 26.3 Å². The van der Waals surface area contributed by atoms with Crippen LogP contribution in [0.4, 0.5) is 15.8 Å². The van der Waals surface area contributed by atoms with Gasteiger partial charge in [0.2, 0.25) is 5.82 Å². The Kier molecular flexibility index (Phi) is 6.80. The average molecular weight is 457 g/mol. The summed E-state index contributed by atoms with van der Waals surface area (Å²) in [6.07, 6.45) is 0.121. The second-order valence-corrected chi connectivity index (χ2v) is 7.75. The molecule has 0 radical (unpaired) electrons. The van der Waals surface area contributed by atoms with Crippen LogP contribution in [0.25, 0.3) is 0 Å². The van der Waals surface area contributed by atoms with Gasteiger partial charge in [-0.1, -0.05) is 26.0 Å². The summed E-state index contributed by atoms with van der Waals surface area (Å²) in [5.74, 6) is -4.18. The lowest BCUT2D eigenvalue weighted by molar-refractivity contribution is -0.387. The van der Waals surface area contributed by atoms with E-state index in [-0.39, 0.29) is 29.2 Å². The minimum atomic E-state index is -1.24. The Morgan fingerprint density at radius 3 is 2.27 bits per heavy atom. The third-order valence-corrected chi connectivity index (χ3v) is 4.88. The van der Waals surface area contributed by atoms with Crippen LogP contribution in [0.3, 0.4) is 0 Å². The van der Waals surface area contributed by atoms with Crippen molar-refractivity contribution in [3.8, 4) is 0 Å². The number of esters is 1. The quantitative estimate of drug-likeness (QED) is 0.279. The molecule has 3 rings (SSSR count). The summed E-state index contributed by atoms with van der Waals surface area (Å²) in [7, 11) is 0. The molecule has 33 heavy (non-hydrogen) atoms. The number of benzene rings is 2. The highest BCUT2D eigenvalue weighted by atomic mass is 19.1.